The summed E-state index contributed by atoms with van der Waals surface area (Å²) in [5.74, 6) is -3.17. The van der Waals surface area contributed by atoms with Crippen molar-refractivity contribution in [2.75, 3.05) is 7.11 Å². The second-order valence-electron chi connectivity index (χ2n) is 5.36. The Morgan fingerprint density at radius 1 is 1.16 bits per heavy atom. The zero-order chi connectivity index (χ0) is 18.4. The van der Waals surface area contributed by atoms with Crippen LogP contribution in [0.1, 0.15) is 11.1 Å². The zero-order valence-corrected chi connectivity index (χ0v) is 14.1. The summed E-state index contributed by atoms with van der Waals surface area (Å²) in [5, 5.41) is 3.00. The van der Waals surface area contributed by atoms with Crippen molar-refractivity contribution in [1.82, 2.24) is 5.32 Å². The van der Waals surface area contributed by atoms with Crippen LogP contribution < -0.4 is 5.32 Å². The second-order valence-corrected chi connectivity index (χ2v) is 5.77. The number of carbonyl (C=O) groups is 2. The first-order valence-electron chi connectivity index (χ1n) is 7.45. The van der Waals surface area contributed by atoms with Crippen LogP contribution in [0.5, 0.6) is 0 Å². The van der Waals surface area contributed by atoms with E-state index in [0.717, 1.165) is 12.1 Å². The largest absolute Gasteiger partial charge is 0.467 e. The average molecular weight is 368 g/mol. The molecule has 25 heavy (non-hydrogen) atoms. The summed E-state index contributed by atoms with van der Waals surface area (Å²) in [5.41, 5.74) is 0.963. The van der Waals surface area contributed by atoms with E-state index in [-0.39, 0.29) is 18.4 Å². The maximum absolute atomic E-state index is 13.2. The van der Waals surface area contributed by atoms with E-state index >= 15 is 0 Å². The van der Waals surface area contributed by atoms with E-state index in [1.807, 2.05) is 0 Å². The van der Waals surface area contributed by atoms with Gasteiger partial charge in [-0.2, -0.15) is 0 Å². The number of hydrogen-bond acceptors (Lipinski definition) is 3. The highest BCUT2D eigenvalue weighted by Crippen LogP contribution is 2.17. The van der Waals surface area contributed by atoms with E-state index in [1.165, 1.54) is 13.2 Å². The first-order chi connectivity index (χ1) is 11.9. The normalized spacial score (nSPS) is 11.7. The van der Waals surface area contributed by atoms with E-state index in [9.17, 15) is 18.4 Å². The fraction of sp³-hybridized carbons (Fsp3) is 0.222. The lowest BCUT2D eigenvalue weighted by molar-refractivity contribution is -0.145. The summed E-state index contributed by atoms with van der Waals surface area (Å²) in [6, 6.07) is 9.17. The number of methoxy groups -OCH3 is 1. The van der Waals surface area contributed by atoms with Gasteiger partial charge < -0.3 is 10.1 Å². The van der Waals surface area contributed by atoms with Crippen LogP contribution in [0.2, 0.25) is 5.02 Å². The first kappa shape index (κ1) is 18.9. The summed E-state index contributed by atoms with van der Waals surface area (Å²) >= 11 is 6.07. The van der Waals surface area contributed by atoms with E-state index in [4.69, 9.17) is 16.3 Å². The zero-order valence-electron chi connectivity index (χ0n) is 13.4. The molecule has 0 unspecified atom stereocenters. The molecule has 0 aliphatic heterocycles. The summed E-state index contributed by atoms with van der Waals surface area (Å²) in [4.78, 5) is 24.1. The average Bonchev–Trinajstić information content (AvgIpc) is 2.58. The van der Waals surface area contributed by atoms with Crippen LogP contribution in [-0.4, -0.2) is 25.0 Å². The minimum absolute atomic E-state index is 0.149. The summed E-state index contributed by atoms with van der Waals surface area (Å²) in [6.07, 6.45) is -0.0525. The Labute approximate surface area is 148 Å². The van der Waals surface area contributed by atoms with E-state index in [0.29, 0.717) is 10.6 Å². The van der Waals surface area contributed by atoms with Gasteiger partial charge in [0.05, 0.1) is 13.5 Å². The molecule has 4 nitrogen and oxygen atoms in total. The summed E-state index contributed by atoms with van der Waals surface area (Å²) in [6.45, 7) is 0. The molecule has 0 aliphatic rings. The molecule has 7 heteroatoms. The maximum atomic E-state index is 13.2. The number of esters is 1. The van der Waals surface area contributed by atoms with Crippen molar-refractivity contribution in [1.29, 1.82) is 0 Å². The second kappa shape index (κ2) is 8.58. The van der Waals surface area contributed by atoms with E-state index < -0.39 is 29.6 Å². The number of halogens is 3. The Morgan fingerprint density at radius 3 is 2.52 bits per heavy atom. The highest BCUT2D eigenvalue weighted by atomic mass is 35.5. The molecule has 0 saturated heterocycles. The van der Waals surface area contributed by atoms with Crippen LogP contribution in [0.4, 0.5) is 8.78 Å². The molecule has 2 aromatic carbocycles. The summed E-state index contributed by atoms with van der Waals surface area (Å²) < 4.78 is 30.8. The number of benzene rings is 2. The van der Waals surface area contributed by atoms with Gasteiger partial charge in [0, 0.05) is 11.4 Å². The van der Waals surface area contributed by atoms with Gasteiger partial charge >= 0.3 is 5.97 Å². The van der Waals surface area contributed by atoms with Crippen LogP contribution in [0, 0.1) is 11.6 Å². The van der Waals surface area contributed by atoms with Gasteiger partial charge in [-0.15, -0.1) is 0 Å². The molecule has 0 saturated carbocycles. The standard InChI is InChI=1S/C18H16ClF2NO3/c1-25-18(24)16(10-12-4-2-3-5-13(12)19)22-17(23)9-11-6-7-14(20)15(21)8-11/h2-8,16H,9-10H2,1H3,(H,22,23)/t16-/m1/s1. The lowest BCUT2D eigenvalue weighted by atomic mass is 10.0. The van der Waals surface area contributed by atoms with E-state index in [1.54, 1.807) is 24.3 Å². The first-order valence-corrected chi connectivity index (χ1v) is 7.83. The number of rotatable bonds is 6. The van der Waals surface area contributed by atoms with Crippen molar-refractivity contribution in [2.24, 2.45) is 0 Å². The monoisotopic (exact) mass is 367 g/mol. The number of carbonyl (C=O) groups excluding carboxylic acids is 2. The van der Waals surface area contributed by atoms with Crippen LogP contribution >= 0.6 is 11.6 Å². The molecule has 0 radical (unpaired) electrons. The van der Waals surface area contributed by atoms with Crippen molar-refractivity contribution < 1.29 is 23.1 Å². The van der Waals surface area contributed by atoms with Crippen molar-refractivity contribution >= 4 is 23.5 Å². The van der Waals surface area contributed by atoms with Gasteiger partial charge in [-0.25, -0.2) is 13.6 Å². The molecule has 1 N–H and O–H groups in total. The Balaban J connectivity index is 2.08. The molecule has 0 bridgehead atoms. The van der Waals surface area contributed by atoms with Gasteiger partial charge in [-0.1, -0.05) is 35.9 Å². The Morgan fingerprint density at radius 2 is 1.88 bits per heavy atom. The van der Waals surface area contributed by atoms with Crippen LogP contribution in [0.3, 0.4) is 0 Å². The van der Waals surface area contributed by atoms with Crippen molar-refractivity contribution in [3.05, 3.63) is 70.2 Å². The predicted molar refractivity (Wildman–Crippen MR) is 89.2 cm³/mol. The molecular weight excluding hydrogens is 352 g/mol. The molecule has 132 valence electrons. The Hall–Kier alpha value is -2.47. The SMILES string of the molecule is COC(=O)[C@@H](Cc1ccccc1Cl)NC(=O)Cc1ccc(F)c(F)c1. The minimum atomic E-state index is -1.04. The molecule has 1 atom stereocenters. The molecule has 0 fully saturated rings. The fourth-order valence-electron chi connectivity index (χ4n) is 2.30. The number of nitrogens with one attached hydrogen (secondary N) is 1. The Kier molecular flexibility index (Phi) is 6.47. The third-order valence-electron chi connectivity index (χ3n) is 3.55. The Bertz CT molecular complexity index is 783. The molecule has 0 aliphatic carbocycles. The number of hydrogen-bond donors (Lipinski definition) is 1. The van der Waals surface area contributed by atoms with Gasteiger partial charge in [0.2, 0.25) is 5.91 Å². The summed E-state index contributed by atoms with van der Waals surface area (Å²) in [7, 11) is 1.21. The van der Waals surface area contributed by atoms with Crippen molar-refractivity contribution in [2.45, 2.75) is 18.9 Å². The third kappa shape index (κ3) is 5.26. The number of amides is 1. The third-order valence-corrected chi connectivity index (χ3v) is 3.92. The fourth-order valence-corrected chi connectivity index (χ4v) is 2.51. The molecule has 2 rings (SSSR count). The lowest BCUT2D eigenvalue weighted by Crippen LogP contribution is -2.43. The maximum Gasteiger partial charge on any atom is 0.328 e. The smallest absolute Gasteiger partial charge is 0.328 e. The van der Waals surface area contributed by atoms with Crippen LogP contribution in [0.15, 0.2) is 42.5 Å². The molecule has 0 spiro atoms. The highest BCUT2D eigenvalue weighted by Gasteiger charge is 2.23. The molecule has 2 aromatic rings. The quantitative estimate of drug-likeness (QED) is 0.798. The molecule has 0 heterocycles. The molecule has 0 aromatic heterocycles. The van der Waals surface area contributed by atoms with Gasteiger partial charge in [0.25, 0.3) is 0 Å². The van der Waals surface area contributed by atoms with Gasteiger partial charge in [-0.05, 0) is 29.3 Å². The van der Waals surface area contributed by atoms with Crippen LogP contribution in [-0.2, 0) is 27.2 Å². The molecule has 1 amide bonds. The lowest BCUT2D eigenvalue weighted by Gasteiger charge is -2.17. The topological polar surface area (TPSA) is 55.4 Å². The van der Waals surface area contributed by atoms with Gasteiger partial charge in [-0.3, -0.25) is 4.79 Å². The van der Waals surface area contributed by atoms with Crippen molar-refractivity contribution in [3.8, 4) is 0 Å². The van der Waals surface area contributed by atoms with Crippen molar-refractivity contribution in [3.63, 3.8) is 0 Å². The van der Waals surface area contributed by atoms with Gasteiger partial charge in [0.1, 0.15) is 6.04 Å². The number of ether oxygens (including phenoxy) is 1. The predicted octanol–water partition coefficient (Wildman–Crippen LogP) is 3.06. The minimum Gasteiger partial charge on any atom is -0.467 e. The van der Waals surface area contributed by atoms with Gasteiger partial charge in [0.15, 0.2) is 11.6 Å². The van der Waals surface area contributed by atoms with E-state index in [2.05, 4.69) is 5.32 Å². The highest BCUT2D eigenvalue weighted by molar-refractivity contribution is 6.31. The van der Waals surface area contributed by atoms with Crippen LogP contribution in [0.25, 0.3) is 0 Å². The molecular formula is C18H16ClF2NO3.